The largest absolute Gasteiger partial charge is 0.352 e. The molecule has 0 aliphatic carbocycles. The van der Waals surface area contributed by atoms with Gasteiger partial charge in [0.05, 0.1) is 16.2 Å². The minimum atomic E-state index is -3.49. The van der Waals surface area contributed by atoms with Gasteiger partial charge in [-0.3, -0.25) is 9.48 Å². The van der Waals surface area contributed by atoms with Crippen LogP contribution in [0, 0.1) is 0 Å². The van der Waals surface area contributed by atoms with Crippen molar-refractivity contribution in [2.24, 2.45) is 0 Å². The first kappa shape index (κ1) is 17.5. The lowest BCUT2D eigenvalue weighted by Crippen LogP contribution is -2.27. The standard InChI is InChI=1S/C15H18ClN3O3S/c1-2-23(21,22)14-6-5-12(16)11-13(14)15(20)17-7-3-9-19-10-4-8-18-19/h4-6,8,10-11H,2-3,7,9H2,1H3,(H,17,20). The van der Waals surface area contributed by atoms with E-state index in [-0.39, 0.29) is 16.2 Å². The summed E-state index contributed by atoms with van der Waals surface area (Å²) < 4.78 is 25.9. The van der Waals surface area contributed by atoms with Crippen LogP contribution in [0.15, 0.2) is 41.6 Å². The number of amides is 1. The van der Waals surface area contributed by atoms with Gasteiger partial charge in [-0.15, -0.1) is 0 Å². The predicted octanol–water partition coefficient (Wildman–Crippen LogP) is 2.15. The SMILES string of the molecule is CCS(=O)(=O)c1ccc(Cl)cc1C(=O)NCCCn1cccn1. The third-order valence-electron chi connectivity index (χ3n) is 3.31. The quantitative estimate of drug-likeness (QED) is 0.771. The fraction of sp³-hybridized carbons (Fsp3) is 0.333. The highest BCUT2D eigenvalue weighted by atomic mass is 35.5. The number of sulfone groups is 1. The van der Waals surface area contributed by atoms with Crippen molar-refractivity contribution in [1.29, 1.82) is 0 Å². The molecule has 0 aliphatic rings. The summed E-state index contributed by atoms with van der Waals surface area (Å²) in [5, 5.41) is 7.11. The molecule has 2 aromatic rings. The van der Waals surface area contributed by atoms with E-state index in [2.05, 4.69) is 10.4 Å². The lowest BCUT2D eigenvalue weighted by molar-refractivity contribution is 0.0949. The van der Waals surface area contributed by atoms with Crippen LogP contribution < -0.4 is 5.32 Å². The molecule has 23 heavy (non-hydrogen) atoms. The third kappa shape index (κ3) is 4.56. The number of carbonyl (C=O) groups is 1. The van der Waals surface area contributed by atoms with Gasteiger partial charge in [-0.05, 0) is 30.7 Å². The highest BCUT2D eigenvalue weighted by molar-refractivity contribution is 7.91. The number of halogens is 1. The molecule has 1 aromatic heterocycles. The molecule has 6 nitrogen and oxygen atoms in total. The summed E-state index contributed by atoms with van der Waals surface area (Å²) in [5.41, 5.74) is 0.0819. The summed E-state index contributed by atoms with van der Waals surface area (Å²) >= 11 is 5.90. The number of aryl methyl sites for hydroxylation is 1. The predicted molar refractivity (Wildman–Crippen MR) is 88.4 cm³/mol. The van der Waals surface area contributed by atoms with Gasteiger partial charge in [0.2, 0.25) is 0 Å². The summed E-state index contributed by atoms with van der Waals surface area (Å²) in [6.45, 7) is 2.62. The molecule has 1 heterocycles. The molecule has 0 atom stereocenters. The Morgan fingerprint density at radius 2 is 2.17 bits per heavy atom. The van der Waals surface area contributed by atoms with Crippen LogP contribution in [0.4, 0.5) is 0 Å². The van der Waals surface area contributed by atoms with Gasteiger partial charge in [0.15, 0.2) is 9.84 Å². The van der Waals surface area contributed by atoms with Gasteiger partial charge in [0, 0.05) is 30.5 Å². The molecule has 124 valence electrons. The van der Waals surface area contributed by atoms with Gasteiger partial charge >= 0.3 is 0 Å². The van der Waals surface area contributed by atoms with Crippen LogP contribution >= 0.6 is 11.6 Å². The summed E-state index contributed by atoms with van der Waals surface area (Å²) in [4.78, 5) is 12.3. The van der Waals surface area contributed by atoms with E-state index in [1.54, 1.807) is 10.9 Å². The molecule has 0 bridgehead atoms. The first-order valence-electron chi connectivity index (χ1n) is 7.22. The maximum absolute atomic E-state index is 12.3. The number of nitrogens with zero attached hydrogens (tertiary/aromatic N) is 2. The Labute approximate surface area is 140 Å². The zero-order chi connectivity index (χ0) is 16.9. The van der Waals surface area contributed by atoms with E-state index >= 15 is 0 Å². The van der Waals surface area contributed by atoms with Crippen LogP contribution in [0.2, 0.25) is 5.02 Å². The van der Waals surface area contributed by atoms with E-state index in [0.717, 1.165) is 0 Å². The van der Waals surface area contributed by atoms with Crippen molar-refractivity contribution < 1.29 is 13.2 Å². The van der Waals surface area contributed by atoms with Crippen LogP contribution in [0.25, 0.3) is 0 Å². The van der Waals surface area contributed by atoms with Crippen molar-refractivity contribution in [3.8, 4) is 0 Å². The van der Waals surface area contributed by atoms with Gasteiger partial charge in [-0.1, -0.05) is 18.5 Å². The van der Waals surface area contributed by atoms with E-state index < -0.39 is 15.7 Å². The van der Waals surface area contributed by atoms with E-state index in [1.807, 2.05) is 12.3 Å². The second kappa shape index (κ2) is 7.61. The Balaban J connectivity index is 2.05. The first-order valence-corrected chi connectivity index (χ1v) is 9.25. The maximum atomic E-state index is 12.3. The zero-order valence-corrected chi connectivity index (χ0v) is 14.3. The zero-order valence-electron chi connectivity index (χ0n) is 12.7. The molecule has 8 heteroatoms. The summed E-state index contributed by atoms with van der Waals surface area (Å²) in [5.74, 6) is -0.520. The fourth-order valence-corrected chi connectivity index (χ4v) is 3.32. The molecule has 0 aliphatic heterocycles. The van der Waals surface area contributed by atoms with Crippen molar-refractivity contribution in [1.82, 2.24) is 15.1 Å². The topological polar surface area (TPSA) is 81.1 Å². The molecular weight excluding hydrogens is 338 g/mol. The highest BCUT2D eigenvalue weighted by Gasteiger charge is 2.21. The van der Waals surface area contributed by atoms with Crippen molar-refractivity contribution in [2.75, 3.05) is 12.3 Å². The van der Waals surface area contributed by atoms with E-state index in [4.69, 9.17) is 11.6 Å². The van der Waals surface area contributed by atoms with E-state index in [9.17, 15) is 13.2 Å². The van der Waals surface area contributed by atoms with Gasteiger partial charge in [-0.25, -0.2) is 8.42 Å². The molecule has 0 fully saturated rings. The second-order valence-corrected chi connectivity index (χ2v) is 7.61. The molecule has 2 rings (SSSR count). The Hall–Kier alpha value is -1.86. The van der Waals surface area contributed by atoms with Crippen LogP contribution in [0.3, 0.4) is 0 Å². The van der Waals surface area contributed by atoms with E-state index in [1.165, 1.54) is 25.1 Å². The Bertz CT molecular complexity index is 773. The number of nitrogens with one attached hydrogen (secondary N) is 1. The van der Waals surface area contributed by atoms with Crippen molar-refractivity contribution in [3.63, 3.8) is 0 Å². The van der Waals surface area contributed by atoms with Crippen LogP contribution in [0.5, 0.6) is 0 Å². The summed E-state index contributed by atoms with van der Waals surface area (Å²) in [6.07, 6.45) is 4.21. The fourth-order valence-electron chi connectivity index (χ4n) is 2.08. The average molecular weight is 356 g/mol. The number of carbonyl (C=O) groups excluding carboxylic acids is 1. The van der Waals surface area contributed by atoms with Gasteiger partial charge < -0.3 is 5.32 Å². The number of hydrogen-bond acceptors (Lipinski definition) is 4. The molecule has 0 spiro atoms. The molecular formula is C15H18ClN3O3S. The summed E-state index contributed by atoms with van der Waals surface area (Å²) in [6, 6.07) is 6.05. The third-order valence-corrected chi connectivity index (χ3v) is 5.33. The van der Waals surface area contributed by atoms with Gasteiger partial charge in [0.25, 0.3) is 5.91 Å². The van der Waals surface area contributed by atoms with Crippen LogP contribution in [0.1, 0.15) is 23.7 Å². The number of aromatic nitrogens is 2. The molecule has 1 aromatic carbocycles. The van der Waals surface area contributed by atoms with Gasteiger partial charge in [-0.2, -0.15) is 5.10 Å². The Morgan fingerprint density at radius 1 is 1.39 bits per heavy atom. The normalized spacial score (nSPS) is 11.4. The lowest BCUT2D eigenvalue weighted by atomic mass is 10.2. The first-order chi connectivity index (χ1) is 10.9. The average Bonchev–Trinajstić information content (AvgIpc) is 3.04. The van der Waals surface area contributed by atoms with Crippen LogP contribution in [-0.2, 0) is 16.4 Å². The highest BCUT2D eigenvalue weighted by Crippen LogP contribution is 2.21. The lowest BCUT2D eigenvalue weighted by Gasteiger charge is -2.10. The van der Waals surface area contributed by atoms with Gasteiger partial charge in [0.1, 0.15) is 0 Å². The molecule has 0 saturated carbocycles. The van der Waals surface area contributed by atoms with E-state index in [0.29, 0.717) is 24.5 Å². The minimum absolute atomic E-state index is 0.00831. The number of rotatable bonds is 7. The van der Waals surface area contributed by atoms with Crippen molar-refractivity contribution in [2.45, 2.75) is 24.8 Å². The molecule has 1 N–H and O–H groups in total. The second-order valence-electron chi connectivity index (χ2n) is 4.92. The Morgan fingerprint density at radius 3 is 2.83 bits per heavy atom. The van der Waals surface area contributed by atoms with Crippen LogP contribution in [-0.4, -0.2) is 36.4 Å². The molecule has 1 amide bonds. The van der Waals surface area contributed by atoms with Crippen molar-refractivity contribution >= 4 is 27.3 Å². The molecule has 0 radical (unpaired) electrons. The maximum Gasteiger partial charge on any atom is 0.252 e. The molecule has 0 unspecified atom stereocenters. The monoisotopic (exact) mass is 355 g/mol. The minimum Gasteiger partial charge on any atom is -0.352 e. The van der Waals surface area contributed by atoms with Crippen molar-refractivity contribution in [3.05, 3.63) is 47.2 Å². The molecule has 0 saturated heterocycles. The number of benzene rings is 1. The smallest absolute Gasteiger partial charge is 0.252 e. The Kier molecular flexibility index (Phi) is 5.79. The summed E-state index contributed by atoms with van der Waals surface area (Å²) in [7, 11) is -3.49. The number of hydrogen-bond donors (Lipinski definition) is 1.